The molecule has 2 aromatic rings. The lowest BCUT2D eigenvalue weighted by Gasteiger charge is -2.28. The maximum absolute atomic E-state index is 13.2. The second kappa shape index (κ2) is 7.20. The van der Waals surface area contributed by atoms with E-state index in [2.05, 4.69) is 4.98 Å². The first-order valence-corrected chi connectivity index (χ1v) is 9.21. The molecule has 0 fully saturated rings. The predicted molar refractivity (Wildman–Crippen MR) is 91.5 cm³/mol. The van der Waals surface area contributed by atoms with Crippen molar-refractivity contribution in [2.24, 2.45) is 0 Å². The zero-order valence-electron chi connectivity index (χ0n) is 13.7. The highest BCUT2D eigenvalue weighted by Gasteiger charge is 2.34. The van der Waals surface area contributed by atoms with Gasteiger partial charge in [0.1, 0.15) is 17.3 Å². The number of hydrogen-bond acceptors (Lipinski definition) is 6. The molecule has 8 heteroatoms. The smallest absolute Gasteiger partial charge is 0.269 e. The molecule has 1 aliphatic rings. The SMILES string of the molecule is COCCOc1ccccc1S(=O)(=O)N1CCC(=O)c2cccnc21. The number of Topliss-reactive ketones (excluding diaryl/α,β-unsaturated/α-hetero) is 1. The van der Waals surface area contributed by atoms with Crippen LogP contribution in [-0.2, 0) is 14.8 Å². The quantitative estimate of drug-likeness (QED) is 0.730. The van der Waals surface area contributed by atoms with E-state index in [1.807, 2.05) is 0 Å². The first-order valence-electron chi connectivity index (χ1n) is 7.77. The number of aromatic nitrogens is 1. The Hall–Kier alpha value is -2.45. The van der Waals surface area contributed by atoms with Crippen molar-refractivity contribution >= 4 is 21.6 Å². The van der Waals surface area contributed by atoms with E-state index in [0.717, 1.165) is 0 Å². The first kappa shape index (κ1) is 17.4. The second-order valence-electron chi connectivity index (χ2n) is 5.41. The summed E-state index contributed by atoms with van der Waals surface area (Å²) in [4.78, 5) is 16.2. The van der Waals surface area contributed by atoms with Crippen molar-refractivity contribution in [3.63, 3.8) is 0 Å². The van der Waals surface area contributed by atoms with Gasteiger partial charge < -0.3 is 9.47 Å². The van der Waals surface area contributed by atoms with Crippen molar-refractivity contribution in [1.82, 2.24) is 4.98 Å². The molecule has 0 unspecified atom stereocenters. The summed E-state index contributed by atoms with van der Waals surface area (Å²) in [7, 11) is -2.37. The molecule has 0 saturated heterocycles. The van der Waals surface area contributed by atoms with Gasteiger partial charge in [0.15, 0.2) is 11.6 Å². The van der Waals surface area contributed by atoms with Gasteiger partial charge in [0.25, 0.3) is 10.0 Å². The van der Waals surface area contributed by atoms with E-state index in [1.54, 1.807) is 37.4 Å². The van der Waals surface area contributed by atoms with Gasteiger partial charge in [0.05, 0.1) is 12.2 Å². The molecule has 0 atom stereocenters. The highest BCUT2D eigenvalue weighted by Crippen LogP contribution is 2.33. The van der Waals surface area contributed by atoms with Crippen LogP contribution >= 0.6 is 0 Å². The fourth-order valence-electron chi connectivity index (χ4n) is 2.63. The third kappa shape index (κ3) is 3.35. The Morgan fingerprint density at radius 3 is 2.76 bits per heavy atom. The second-order valence-corrected chi connectivity index (χ2v) is 7.24. The molecule has 3 rings (SSSR count). The Balaban J connectivity index is 2.01. The van der Waals surface area contributed by atoms with Crippen LogP contribution in [0.1, 0.15) is 16.8 Å². The zero-order valence-corrected chi connectivity index (χ0v) is 14.5. The van der Waals surface area contributed by atoms with Crippen molar-refractivity contribution in [2.45, 2.75) is 11.3 Å². The number of carbonyl (C=O) groups excluding carboxylic acids is 1. The Kier molecular flexibility index (Phi) is 5.00. The molecule has 0 amide bonds. The van der Waals surface area contributed by atoms with Crippen molar-refractivity contribution in [3.8, 4) is 5.75 Å². The number of anilines is 1. The molecule has 7 nitrogen and oxygen atoms in total. The number of sulfonamides is 1. The molecule has 2 heterocycles. The van der Waals surface area contributed by atoms with Gasteiger partial charge >= 0.3 is 0 Å². The minimum Gasteiger partial charge on any atom is -0.490 e. The predicted octanol–water partition coefficient (Wildman–Crippen LogP) is 1.89. The highest BCUT2D eigenvalue weighted by atomic mass is 32.2. The number of para-hydroxylation sites is 1. The number of carbonyl (C=O) groups is 1. The fourth-order valence-corrected chi connectivity index (χ4v) is 4.20. The number of ether oxygens (including phenoxy) is 2. The molecule has 0 N–H and O–H groups in total. The standard InChI is InChI=1S/C17H18N2O5S/c1-23-11-12-24-15-6-2-3-7-16(15)25(21,22)19-10-8-14(20)13-5-4-9-18-17(13)19/h2-7,9H,8,10-12H2,1H3. The summed E-state index contributed by atoms with van der Waals surface area (Å²) >= 11 is 0. The van der Waals surface area contributed by atoms with Gasteiger partial charge in [0, 0.05) is 26.3 Å². The van der Waals surface area contributed by atoms with Gasteiger partial charge in [-0.15, -0.1) is 0 Å². The maximum atomic E-state index is 13.2. The van der Waals surface area contributed by atoms with Gasteiger partial charge in [-0.1, -0.05) is 12.1 Å². The summed E-state index contributed by atoms with van der Waals surface area (Å²) in [6.07, 6.45) is 1.59. The lowest BCUT2D eigenvalue weighted by Crippen LogP contribution is -2.38. The van der Waals surface area contributed by atoms with Crippen molar-refractivity contribution in [2.75, 3.05) is 31.2 Å². The number of nitrogens with zero attached hydrogens (tertiary/aromatic N) is 2. The molecular weight excluding hydrogens is 344 g/mol. The Bertz CT molecular complexity index is 882. The Morgan fingerprint density at radius 2 is 1.96 bits per heavy atom. The number of pyridine rings is 1. The molecule has 0 bridgehead atoms. The third-order valence-corrected chi connectivity index (χ3v) is 5.66. The van der Waals surface area contributed by atoms with Crippen molar-refractivity contribution in [1.29, 1.82) is 0 Å². The number of benzene rings is 1. The molecule has 25 heavy (non-hydrogen) atoms. The molecule has 1 aliphatic heterocycles. The van der Waals surface area contributed by atoms with Crippen LogP contribution in [0.5, 0.6) is 5.75 Å². The Labute approximate surface area is 146 Å². The topological polar surface area (TPSA) is 85.8 Å². The van der Waals surface area contributed by atoms with Crippen LogP contribution in [0, 0.1) is 0 Å². The summed E-state index contributed by atoms with van der Waals surface area (Å²) in [5, 5.41) is 0. The fraction of sp³-hybridized carbons (Fsp3) is 0.294. The number of rotatable bonds is 6. The molecule has 0 aliphatic carbocycles. The number of hydrogen-bond donors (Lipinski definition) is 0. The van der Waals surface area contributed by atoms with Crippen LogP contribution in [0.25, 0.3) is 0 Å². The van der Waals surface area contributed by atoms with Crippen LogP contribution in [0.15, 0.2) is 47.5 Å². The molecule has 132 valence electrons. The van der Waals surface area contributed by atoms with Gasteiger partial charge in [0.2, 0.25) is 0 Å². The lowest BCUT2D eigenvalue weighted by atomic mass is 10.1. The molecule has 0 spiro atoms. The molecule has 1 aromatic carbocycles. The first-order chi connectivity index (χ1) is 12.1. The van der Waals surface area contributed by atoms with Gasteiger partial charge in [-0.2, -0.15) is 0 Å². The van der Waals surface area contributed by atoms with E-state index in [1.165, 1.54) is 16.6 Å². The molecular formula is C17H18N2O5S. The van der Waals surface area contributed by atoms with Crippen LogP contribution in [-0.4, -0.2) is 46.1 Å². The van der Waals surface area contributed by atoms with Crippen molar-refractivity contribution < 1.29 is 22.7 Å². The minimum atomic E-state index is -3.91. The number of ketones is 1. The molecule has 0 radical (unpaired) electrons. The summed E-state index contributed by atoms with van der Waals surface area (Å²) in [6.45, 7) is 0.630. The summed E-state index contributed by atoms with van der Waals surface area (Å²) < 4.78 is 38.0. The average molecular weight is 362 g/mol. The van der Waals surface area contributed by atoms with Crippen molar-refractivity contribution in [3.05, 3.63) is 48.2 Å². The van der Waals surface area contributed by atoms with E-state index < -0.39 is 10.0 Å². The zero-order chi connectivity index (χ0) is 17.9. The minimum absolute atomic E-state index is 0.0389. The summed E-state index contributed by atoms with van der Waals surface area (Å²) in [5.41, 5.74) is 0.315. The molecule has 1 aromatic heterocycles. The number of fused-ring (bicyclic) bond motifs is 1. The van der Waals surface area contributed by atoms with E-state index in [0.29, 0.717) is 12.2 Å². The summed E-state index contributed by atoms with van der Waals surface area (Å²) in [5.74, 6) is 0.290. The van der Waals surface area contributed by atoms with E-state index in [-0.39, 0.29) is 41.8 Å². The molecule has 0 saturated carbocycles. The van der Waals surface area contributed by atoms with E-state index >= 15 is 0 Å². The highest BCUT2D eigenvalue weighted by molar-refractivity contribution is 7.93. The van der Waals surface area contributed by atoms with Gasteiger partial charge in [-0.25, -0.2) is 17.7 Å². The Morgan fingerprint density at radius 1 is 1.16 bits per heavy atom. The van der Waals surface area contributed by atoms with Gasteiger partial charge in [-0.05, 0) is 24.3 Å². The van der Waals surface area contributed by atoms with E-state index in [4.69, 9.17) is 9.47 Å². The van der Waals surface area contributed by atoms with E-state index in [9.17, 15) is 13.2 Å². The summed E-state index contributed by atoms with van der Waals surface area (Å²) in [6, 6.07) is 9.62. The average Bonchev–Trinajstić information content (AvgIpc) is 2.62. The lowest BCUT2D eigenvalue weighted by molar-refractivity contribution is 0.0981. The number of methoxy groups -OCH3 is 1. The maximum Gasteiger partial charge on any atom is 0.269 e. The van der Waals surface area contributed by atoms with Gasteiger partial charge in [-0.3, -0.25) is 4.79 Å². The van der Waals surface area contributed by atoms with Crippen LogP contribution in [0.2, 0.25) is 0 Å². The van der Waals surface area contributed by atoms with Crippen LogP contribution < -0.4 is 9.04 Å². The normalized spacial score (nSPS) is 14.3. The van der Waals surface area contributed by atoms with Crippen LogP contribution in [0.4, 0.5) is 5.82 Å². The monoisotopic (exact) mass is 362 g/mol. The third-order valence-electron chi connectivity index (χ3n) is 3.83. The largest absolute Gasteiger partial charge is 0.490 e. The van der Waals surface area contributed by atoms with Crippen LogP contribution in [0.3, 0.4) is 0 Å².